The maximum absolute atomic E-state index is 11.4. The molecule has 0 bridgehead atoms. The van der Waals surface area contributed by atoms with E-state index >= 15 is 0 Å². The molecule has 1 fully saturated rings. The van der Waals surface area contributed by atoms with Gasteiger partial charge in [-0.05, 0) is 46.0 Å². The van der Waals surface area contributed by atoms with E-state index in [0.717, 1.165) is 43.9 Å². The Kier molecular flexibility index (Phi) is 5.27. The summed E-state index contributed by atoms with van der Waals surface area (Å²) in [5.74, 6) is 0. The van der Waals surface area contributed by atoms with E-state index < -0.39 is 5.60 Å². The number of hydrogen-bond donors (Lipinski definition) is 1. The smallest absolute Gasteiger partial charge is 0.107 e. The predicted molar refractivity (Wildman–Crippen MR) is 101 cm³/mol. The van der Waals surface area contributed by atoms with Crippen molar-refractivity contribution in [3.63, 3.8) is 0 Å². The van der Waals surface area contributed by atoms with Gasteiger partial charge in [0.2, 0.25) is 0 Å². The third kappa shape index (κ3) is 3.78. The Bertz CT molecular complexity index is 697. The Balaban J connectivity index is 1.70. The number of benzene rings is 1. The molecule has 0 amide bonds. The number of aryl methyl sites for hydroxylation is 2. The second-order valence-electron chi connectivity index (χ2n) is 7.47. The molecule has 2 heterocycles. The molecule has 1 aliphatic heterocycles. The summed E-state index contributed by atoms with van der Waals surface area (Å²) in [4.78, 5) is 4.60. The quantitative estimate of drug-likeness (QED) is 0.903. The maximum atomic E-state index is 11.4. The third-order valence-electron chi connectivity index (χ3n) is 5.42. The fourth-order valence-corrected chi connectivity index (χ4v) is 3.98. The highest BCUT2D eigenvalue weighted by Crippen LogP contribution is 2.35. The molecule has 1 aromatic heterocycles. The second kappa shape index (κ2) is 7.28. The molecule has 0 aliphatic carbocycles. The molecule has 0 unspecified atom stereocenters. The van der Waals surface area contributed by atoms with Gasteiger partial charge in [-0.1, -0.05) is 30.3 Å². The molecule has 2 aromatic rings. The summed E-state index contributed by atoms with van der Waals surface area (Å²) in [7, 11) is 4.12. The summed E-state index contributed by atoms with van der Waals surface area (Å²) in [5.41, 5.74) is 2.51. The summed E-state index contributed by atoms with van der Waals surface area (Å²) in [5, 5.41) is 16.0. The van der Waals surface area contributed by atoms with Gasteiger partial charge in [0, 0.05) is 25.3 Å². The van der Waals surface area contributed by atoms with Crippen LogP contribution < -0.4 is 0 Å². The Morgan fingerprint density at radius 2 is 1.92 bits per heavy atom. The van der Waals surface area contributed by atoms with E-state index in [1.807, 2.05) is 37.3 Å². The van der Waals surface area contributed by atoms with E-state index in [-0.39, 0.29) is 6.04 Å². The molecule has 0 radical (unpaired) electrons. The van der Waals surface area contributed by atoms with Gasteiger partial charge in [0.1, 0.15) is 5.60 Å². The van der Waals surface area contributed by atoms with Crippen LogP contribution in [0, 0.1) is 13.8 Å². The van der Waals surface area contributed by atoms with Gasteiger partial charge >= 0.3 is 0 Å². The first-order valence-electron chi connectivity index (χ1n) is 9.08. The number of aromatic nitrogens is 2. The Morgan fingerprint density at radius 3 is 2.52 bits per heavy atom. The molecule has 1 N–H and O–H groups in total. The first kappa shape index (κ1) is 18.1. The predicted octanol–water partition coefficient (Wildman–Crippen LogP) is 2.02. The SMILES string of the molecule is Cc1cc(C)n(CCN2CC[C@](O)(c3ccccc3)[C@H](N(C)C)C2)n1. The second-order valence-corrected chi connectivity index (χ2v) is 7.47. The highest BCUT2D eigenvalue weighted by molar-refractivity contribution is 5.25. The lowest BCUT2D eigenvalue weighted by Gasteiger charge is -2.47. The van der Waals surface area contributed by atoms with Crippen molar-refractivity contribution < 1.29 is 5.11 Å². The van der Waals surface area contributed by atoms with Crippen molar-refractivity contribution in [3.05, 3.63) is 53.3 Å². The molecule has 1 saturated heterocycles. The van der Waals surface area contributed by atoms with Crippen molar-refractivity contribution in [2.75, 3.05) is 33.7 Å². The minimum Gasteiger partial charge on any atom is -0.383 e. The Labute approximate surface area is 150 Å². The van der Waals surface area contributed by atoms with Crippen molar-refractivity contribution in [2.24, 2.45) is 0 Å². The molecule has 25 heavy (non-hydrogen) atoms. The van der Waals surface area contributed by atoms with Gasteiger partial charge < -0.3 is 10.0 Å². The first-order chi connectivity index (χ1) is 11.9. The Morgan fingerprint density at radius 1 is 1.20 bits per heavy atom. The van der Waals surface area contributed by atoms with E-state index in [0.29, 0.717) is 0 Å². The van der Waals surface area contributed by atoms with Gasteiger partial charge in [-0.2, -0.15) is 5.10 Å². The van der Waals surface area contributed by atoms with Crippen LogP contribution in [0.15, 0.2) is 36.4 Å². The van der Waals surface area contributed by atoms with E-state index in [1.54, 1.807) is 0 Å². The molecular formula is C20H30N4O. The molecule has 5 nitrogen and oxygen atoms in total. The number of aliphatic hydroxyl groups is 1. The van der Waals surface area contributed by atoms with Crippen molar-refractivity contribution in [3.8, 4) is 0 Å². The molecule has 136 valence electrons. The fraction of sp³-hybridized carbons (Fsp3) is 0.550. The largest absolute Gasteiger partial charge is 0.383 e. The van der Waals surface area contributed by atoms with Crippen LogP contribution in [0.4, 0.5) is 0 Å². The van der Waals surface area contributed by atoms with Gasteiger partial charge in [0.05, 0.1) is 18.3 Å². The average molecular weight is 342 g/mol. The summed E-state index contributed by atoms with van der Waals surface area (Å²) in [6.45, 7) is 7.74. The standard InChI is InChI=1S/C20H30N4O/c1-16-14-17(2)24(21-16)13-12-23-11-10-20(25,19(15-23)22(3)4)18-8-6-5-7-9-18/h5-9,14,19,25H,10-13,15H2,1-4H3/t19-,20+/m1/s1. The average Bonchev–Trinajstić information content (AvgIpc) is 2.92. The minimum absolute atomic E-state index is 0.0732. The van der Waals surface area contributed by atoms with Crippen LogP contribution in [0.25, 0.3) is 0 Å². The zero-order valence-electron chi connectivity index (χ0n) is 15.8. The minimum atomic E-state index is -0.792. The monoisotopic (exact) mass is 342 g/mol. The van der Waals surface area contributed by atoms with Gasteiger partial charge in [-0.15, -0.1) is 0 Å². The van der Waals surface area contributed by atoms with Crippen LogP contribution >= 0.6 is 0 Å². The molecular weight excluding hydrogens is 312 g/mol. The van der Waals surface area contributed by atoms with Gasteiger partial charge in [-0.25, -0.2) is 0 Å². The van der Waals surface area contributed by atoms with Crippen LogP contribution in [0.3, 0.4) is 0 Å². The summed E-state index contributed by atoms with van der Waals surface area (Å²) < 4.78 is 2.08. The van der Waals surface area contributed by atoms with Crippen molar-refractivity contribution in [1.29, 1.82) is 0 Å². The lowest BCUT2D eigenvalue weighted by molar-refractivity contribution is -0.0881. The highest BCUT2D eigenvalue weighted by Gasteiger charge is 2.43. The van der Waals surface area contributed by atoms with Crippen molar-refractivity contribution in [2.45, 2.75) is 38.5 Å². The first-order valence-corrected chi connectivity index (χ1v) is 9.08. The Hall–Kier alpha value is -1.69. The van der Waals surface area contributed by atoms with E-state index in [4.69, 9.17) is 0 Å². The molecule has 3 rings (SSSR count). The summed E-state index contributed by atoms with van der Waals surface area (Å²) in [6, 6.07) is 12.3. The summed E-state index contributed by atoms with van der Waals surface area (Å²) in [6.07, 6.45) is 0.747. The zero-order chi connectivity index (χ0) is 18.0. The number of likely N-dealkylation sites (N-methyl/N-ethyl adjacent to an activating group) is 1. The number of likely N-dealkylation sites (tertiary alicyclic amines) is 1. The molecule has 5 heteroatoms. The zero-order valence-corrected chi connectivity index (χ0v) is 15.8. The van der Waals surface area contributed by atoms with Gasteiger partial charge in [0.15, 0.2) is 0 Å². The number of hydrogen-bond acceptors (Lipinski definition) is 4. The van der Waals surface area contributed by atoms with E-state index in [2.05, 4.69) is 46.7 Å². The maximum Gasteiger partial charge on any atom is 0.107 e. The van der Waals surface area contributed by atoms with E-state index in [9.17, 15) is 5.11 Å². The normalized spacial score (nSPS) is 24.8. The molecule has 0 saturated carbocycles. The highest BCUT2D eigenvalue weighted by atomic mass is 16.3. The van der Waals surface area contributed by atoms with E-state index in [1.165, 1.54) is 5.69 Å². The van der Waals surface area contributed by atoms with Gasteiger partial charge in [0.25, 0.3) is 0 Å². The van der Waals surface area contributed by atoms with Crippen LogP contribution in [0.1, 0.15) is 23.4 Å². The van der Waals surface area contributed by atoms with Crippen molar-refractivity contribution in [1.82, 2.24) is 19.6 Å². The fourth-order valence-electron chi connectivity index (χ4n) is 3.98. The molecule has 0 spiro atoms. The van der Waals surface area contributed by atoms with Crippen LogP contribution in [0.2, 0.25) is 0 Å². The van der Waals surface area contributed by atoms with Crippen LogP contribution in [-0.4, -0.2) is 64.5 Å². The van der Waals surface area contributed by atoms with Gasteiger partial charge in [-0.3, -0.25) is 9.58 Å². The third-order valence-corrected chi connectivity index (χ3v) is 5.42. The van der Waals surface area contributed by atoms with Crippen molar-refractivity contribution >= 4 is 0 Å². The summed E-state index contributed by atoms with van der Waals surface area (Å²) >= 11 is 0. The molecule has 1 aromatic carbocycles. The lowest BCUT2D eigenvalue weighted by Crippen LogP contribution is -2.59. The number of piperidine rings is 1. The van der Waals surface area contributed by atoms with Crippen LogP contribution in [0.5, 0.6) is 0 Å². The molecule has 2 atom stereocenters. The van der Waals surface area contributed by atoms with Crippen LogP contribution in [-0.2, 0) is 12.1 Å². The lowest BCUT2D eigenvalue weighted by atomic mass is 9.80. The topological polar surface area (TPSA) is 44.5 Å². The molecule has 1 aliphatic rings. The number of rotatable bonds is 5. The number of nitrogens with zero attached hydrogens (tertiary/aromatic N) is 4.